The first-order chi connectivity index (χ1) is 16.1. The molecule has 1 atom stereocenters. The van der Waals surface area contributed by atoms with Gasteiger partial charge in [0.25, 0.3) is 0 Å². The topological polar surface area (TPSA) is 46.9 Å². The molecule has 1 fully saturated rings. The largest absolute Gasteiger partial charge is 0.317 e. The van der Waals surface area contributed by atoms with Gasteiger partial charge in [-0.25, -0.2) is 0 Å². The molecule has 0 aliphatic heterocycles. The van der Waals surface area contributed by atoms with Gasteiger partial charge >= 0.3 is 0 Å². The molecule has 3 aliphatic carbocycles. The van der Waals surface area contributed by atoms with Crippen LogP contribution in [0.25, 0.3) is 0 Å². The monoisotopic (exact) mass is 485 g/mol. The number of aldehydes is 1. The van der Waals surface area contributed by atoms with Crippen molar-refractivity contribution in [3.8, 4) is 0 Å². The molecule has 4 nitrogen and oxygen atoms in total. The summed E-state index contributed by atoms with van der Waals surface area (Å²) in [5.41, 5.74) is 5.53. The van der Waals surface area contributed by atoms with E-state index in [4.69, 9.17) is 28.3 Å². The van der Waals surface area contributed by atoms with Crippen LogP contribution in [-0.2, 0) is 19.4 Å². The molecule has 0 radical (unpaired) electrons. The highest BCUT2D eigenvalue weighted by Gasteiger charge is 2.27. The van der Waals surface area contributed by atoms with Crippen LogP contribution in [0.2, 0.25) is 5.02 Å². The van der Waals surface area contributed by atoms with E-state index in [9.17, 15) is 4.79 Å². The first kappa shape index (κ1) is 24.3. The Bertz CT molecular complexity index is 1040. The molecule has 0 spiro atoms. The number of allylic oxidation sites excluding steroid dienone is 4. The summed E-state index contributed by atoms with van der Waals surface area (Å²) in [4.78, 5) is 11.7. The third kappa shape index (κ3) is 6.59. The summed E-state index contributed by atoms with van der Waals surface area (Å²) < 4.78 is 2.08. The average molecular weight is 486 g/mol. The maximum absolute atomic E-state index is 11.7. The summed E-state index contributed by atoms with van der Waals surface area (Å²) in [7, 11) is 2.01. The molecule has 3 aliphatic rings. The number of halogens is 2. The molecular weight excluding hydrogens is 453 g/mol. The summed E-state index contributed by atoms with van der Waals surface area (Å²) in [5.74, 6) is 0.348. The Hall–Kier alpha value is -1.88. The first-order valence-corrected chi connectivity index (χ1v) is 12.8. The van der Waals surface area contributed by atoms with Crippen molar-refractivity contribution in [2.75, 3.05) is 7.05 Å². The second-order valence-electron chi connectivity index (χ2n) is 9.30. The Kier molecular flexibility index (Phi) is 8.45. The summed E-state index contributed by atoms with van der Waals surface area (Å²) >= 11 is 12.3. The molecule has 5 rings (SSSR count). The van der Waals surface area contributed by atoms with Crippen LogP contribution in [0.3, 0.4) is 0 Å². The lowest BCUT2D eigenvalue weighted by atomic mass is 9.91. The Balaban J connectivity index is 0.000000459. The van der Waals surface area contributed by atoms with Crippen molar-refractivity contribution in [2.45, 2.75) is 76.3 Å². The summed E-state index contributed by atoms with van der Waals surface area (Å²) in [6, 6.07) is 8.98. The maximum Gasteiger partial charge on any atom is 0.170 e. The molecule has 1 heterocycles. The number of benzene rings is 1. The van der Waals surface area contributed by atoms with Crippen molar-refractivity contribution in [3.05, 3.63) is 74.6 Å². The van der Waals surface area contributed by atoms with Gasteiger partial charge in [-0.05, 0) is 87.8 Å². The summed E-state index contributed by atoms with van der Waals surface area (Å²) in [6.07, 6.45) is 14.8. The van der Waals surface area contributed by atoms with E-state index in [0.717, 1.165) is 73.0 Å². The molecule has 33 heavy (non-hydrogen) atoms. The second kappa shape index (κ2) is 11.5. The SMILES string of the molecule is CNC1CC1.O=Cc1nn(CC2=CC=C(Cl)CC2)c2c1CCCCC2Cc1cccc(Cl)c1. The van der Waals surface area contributed by atoms with Gasteiger partial charge in [0.05, 0.1) is 6.54 Å². The Morgan fingerprint density at radius 2 is 1.97 bits per heavy atom. The highest BCUT2D eigenvalue weighted by atomic mass is 35.5. The molecule has 1 aromatic heterocycles. The van der Waals surface area contributed by atoms with Crippen LogP contribution < -0.4 is 5.32 Å². The van der Waals surface area contributed by atoms with Crippen molar-refractivity contribution in [2.24, 2.45) is 0 Å². The van der Waals surface area contributed by atoms with E-state index in [1.165, 1.54) is 36.1 Å². The first-order valence-electron chi connectivity index (χ1n) is 12.1. The number of nitrogens with one attached hydrogen (secondary N) is 1. The number of hydrogen-bond acceptors (Lipinski definition) is 3. The number of aromatic nitrogens is 2. The highest BCUT2D eigenvalue weighted by Crippen LogP contribution is 2.36. The Morgan fingerprint density at radius 3 is 2.61 bits per heavy atom. The minimum absolute atomic E-state index is 0.348. The maximum atomic E-state index is 11.7. The number of rotatable bonds is 6. The third-order valence-electron chi connectivity index (χ3n) is 6.75. The molecule has 0 amide bonds. The van der Waals surface area contributed by atoms with E-state index in [0.29, 0.717) is 11.6 Å². The van der Waals surface area contributed by atoms with Gasteiger partial charge in [-0.3, -0.25) is 9.48 Å². The molecule has 2 aromatic rings. The van der Waals surface area contributed by atoms with Gasteiger partial charge < -0.3 is 5.32 Å². The highest BCUT2D eigenvalue weighted by molar-refractivity contribution is 6.30. The molecule has 1 unspecified atom stereocenters. The Labute approximate surface area is 207 Å². The van der Waals surface area contributed by atoms with Gasteiger partial charge in [-0.2, -0.15) is 5.10 Å². The van der Waals surface area contributed by atoms with Gasteiger partial charge in [0.2, 0.25) is 0 Å². The predicted molar refractivity (Wildman–Crippen MR) is 136 cm³/mol. The minimum Gasteiger partial charge on any atom is -0.317 e. The average Bonchev–Trinajstić information content (AvgIpc) is 3.62. The fourth-order valence-electron chi connectivity index (χ4n) is 4.79. The van der Waals surface area contributed by atoms with Crippen LogP contribution in [0.15, 0.2) is 47.0 Å². The van der Waals surface area contributed by atoms with E-state index < -0.39 is 0 Å². The fraction of sp³-hybridized carbons (Fsp3) is 0.481. The van der Waals surface area contributed by atoms with E-state index in [2.05, 4.69) is 22.1 Å². The van der Waals surface area contributed by atoms with Gasteiger partial charge in [0, 0.05) is 33.3 Å². The van der Waals surface area contributed by atoms with Gasteiger partial charge in [0.1, 0.15) is 5.69 Å². The van der Waals surface area contributed by atoms with Crippen molar-refractivity contribution in [1.82, 2.24) is 15.1 Å². The molecule has 1 N–H and O–H groups in total. The second-order valence-corrected chi connectivity index (χ2v) is 10.2. The van der Waals surface area contributed by atoms with Crippen LogP contribution in [0, 0.1) is 0 Å². The molecule has 6 heteroatoms. The fourth-order valence-corrected chi connectivity index (χ4v) is 5.16. The predicted octanol–water partition coefficient (Wildman–Crippen LogP) is 6.61. The smallest absolute Gasteiger partial charge is 0.170 e. The number of carbonyl (C=O) groups excluding carboxylic acids is 1. The molecule has 1 saturated carbocycles. The van der Waals surface area contributed by atoms with E-state index >= 15 is 0 Å². The zero-order valence-electron chi connectivity index (χ0n) is 19.3. The summed E-state index contributed by atoms with van der Waals surface area (Å²) in [6.45, 7) is 0.725. The molecule has 0 bridgehead atoms. The minimum atomic E-state index is 0.348. The number of nitrogens with zero attached hydrogens (tertiary/aromatic N) is 2. The van der Waals surface area contributed by atoms with Crippen LogP contribution in [0.5, 0.6) is 0 Å². The van der Waals surface area contributed by atoms with E-state index in [1.54, 1.807) is 0 Å². The lowest BCUT2D eigenvalue weighted by Crippen LogP contribution is -2.14. The standard InChI is InChI=1S/C23H24Cl2N2O.C4H9N/c24-19-10-8-16(9-11-19)14-27-23-18(12-17-4-3-6-20(25)13-17)5-1-2-7-21(23)22(15-28)26-27;1-5-4-2-3-4/h3-4,6,8,10,13,15,18H,1-2,5,7,9,11-12,14H2;4-5H,2-3H2,1H3. The summed E-state index contributed by atoms with van der Waals surface area (Å²) in [5, 5.41) is 9.51. The number of carbonyl (C=O) groups is 1. The van der Waals surface area contributed by atoms with Gasteiger partial charge in [-0.15, -0.1) is 0 Å². The molecule has 0 saturated heterocycles. The van der Waals surface area contributed by atoms with Gasteiger partial charge in [0.15, 0.2) is 6.29 Å². The molecule has 176 valence electrons. The number of hydrogen-bond donors (Lipinski definition) is 1. The van der Waals surface area contributed by atoms with E-state index in [-0.39, 0.29) is 0 Å². The van der Waals surface area contributed by atoms with Crippen LogP contribution in [0.4, 0.5) is 0 Å². The Morgan fingerprint density at radius 1 is 1.12 bits per heavy atom. The lowest BCUT2D eigenvalue weighted by Gasteiger charge is -2.20. The van der Waals surface area contributed by atoms with Crippen molar-refractivity contribution in [1.29, 1.82) is 0 Å². The van der Waals surface area contributed by atoms with Crippen LogP contribution >= 0.6 is 23.2 Å². The van der Waals surface area contributed by atoms with Gasteiger partial charge in [-0.1, -0.05) is 47.8 Å². The van der Waals surface area contributed by atoms with Crippen molar-refractivity contribution >= 4 is 29.5 Å². The van der Waals surface area contributed by atoms with Crippen molar-refractivity contribution in [3.63, 3.8) is 0 Å². The van der Waals surface area contributed by atoms with Crippen LogP contribution in [-0.4, -0.2) is 29.2 Å². The number of fused-ring (bicyclic) bond motifs is 1. The lowest BCUT2D eigenvalue weighted by molar-refractivity contribution is 0.111. The quantitative estimate of drug-likeness (QED) is 0.369. The van der Waals surface area contributed by atoms with E-state index in [1.807, 2.05) is 31.3 Å². The zero-order chi connectivity index (χ0) is 23.2. The molecular formula is C27H33Cl2N3O. The van der Waals surface area contributed by atoms with Crippen LogP contribution in [0.1, 0.15) is 78.2 Å². The zero-order valence-corrected chi connectivity index (χ0v) is 20.8. The third-order valence-corrected chi connectivity index (χ3v) is 7.30. The molecule has 1 aromatic carbocycles. The van der Waals surface area contributed by atoms with Crippen molar-refractivity contribution < 1.29 is 4.79 Å². The normalized spacial score (nSPS) is 20.0.